The van der Waals surface area contributed by atoms with E-state index in [1.54, 1.807) is 0 Å². The van der Waals surface area contributed by atoms with Gasteiger partial charge in [-0.2, -0.15) is 0 Å². The van der Waals surface area contributed by atoms with E-state index in [1.165, 1.54) is 0 Å². The van der Waals surface area contributed by atoms with Gasteiger partial charge < -0.3 is 15.5 Å². The van der Waals surface area contributed by atoms with Gasteiger partial charge in [-0.15, -0.1) is 0 Å². The number of rotatable bonds is 5. The number of carbonyl (C=O) groups excluding carboxylic acids is 2. The largest absolute Gasteiger partial charge is 0.334 e. The maximum Gasteiger partial charge on any atom is 0.315 e. The number of hydrogen-bond acceptors (Lipinski definition) is 2. The van der Waals surface area contributed by atoms with Gasteiger partial charge >= 0.3 is 6.03 Å². The Kier molecular flexibility index (Phi) is 5.56. The minimum atomic E-state index is -0.199. The molecule has 0 unspecified atom stereocenters. The lowest BCUT2D eigenvalue weighted by molar-refractivity contribution is 0.0989. The van der Waals surface area contributed by atoms with E-state index in [0.29, 0.717) is 25.2 Å². The Bertz CT molecular complexity index is 1000. The second kappa shape index (κ2) is 8.61. The molecule has 0 spiro atoms. The Balaban J connectivity index is 1.34. The van der Waals surface area contributed by atoms with Gasteiger partial charge in [-0.05, 0) is 41.3 Å². The first-order valence-corrected chi connectivity index (χ1v) is 9.75. The van der Waals surface area contributed by atoms with Crippen LogP contribution >= 0.6 is 0 Å². The van der Waals surface area contributed by atoms with Gasteiger partial charge in [0, 0.05) is 30.9 Å². The van der Waals surface area contributed by atoms with Crippen LogP contribution in [0.15, 0.2) is 78.9 Å². The molecule has 0 saturated heterocycles. The zero-order chi connectivity index (χ0) is 20.1. The third-order valence-electron chi connectivity index (χ3n) is 5.05. The van der Waals surface area contributed by atoms with Crippen LogP contribution in [0.25, 0.3) is 0 Å². The zero-order valence-corrected chi connectivity index (χ0v) is 16.1. The van der Waals surface area contributed by atoms with Gasteiger partial charge in [-0.3, -0.25) is 4.79 Å². The number of urea groups is 1. The van der Waals surface area contributed by atoms with Crippen molar-refractivity contribution in [3.8, 4) is 0 Å². The van der Waals surface area contributed by atoms with Crippen LogP contribution in [0.2, 0.25) is 0 Å². The van der Waals surface area contributed by atoms with Crippen LogP contribution in [-0.4, -0.2) is 18.5 Å². The van der Waals surface area contributed by atoms with Crippen molar-refractivity contribution in [2.75, 3.05) is 11.4 Å². The molecule has 0 aromatic heterocycles. The van der Waals surface area contributed by atoms with Crippen molar-refractivity contribution in [2.45, 2.75) is 19.5 Å². The standard InChI is InChI=1S/C24H23N3O2/c28-23(20-9-5-2-6-10-20)27-14-13-21-15-19(11-12-22(21)27)17-26-24(29)25-16-18-7-3-1-4-8-18/h1-12,15H,13-14,16-17H2,(H2,25,26,29). The van der Waals surface area contributed by atoms with Crippen molar-refractivity contribution in [3.05, 3.63) is 101 Å². The summed E-state index contributed by atoms with van der Waals surface area (Å²) in [7, 11) is 0. The summed E-state index contributed by atoms with van der Waals surface area (Å²) in [6.07, 6.45) is 0.821. The van der Waals surface area contributed by atoms with Gasteiger partial charge in [0.2, 0.25) is 0 Å². The molecular formula is C24H23N3O2. The molecule has 0 aliphatic carbocycles. The average Bonchev–Trinajstić information content (AvgIpc) is 3.20. The normalized spacial score (nSPS) is 12.3. The van der Waals surface area contributed by atoms with Crippen molar-refractivity contribution in [1.82, 2.24) is 10.6 Å². The van der Waals surface area contributed by atoms with Crippen molar-refractivity contribution in [1.29, 1.82) is 0 Å². The summed E-state index contributed by atoms with van der Waals surface area (Å²) < 4.78 is 0. The van der Waals surface area contributed by atoms with E-state index in [2.05, 4.69) is 16.7 Å². The van der Waals surface area contributed by atoms with Crippen molar-refractivity contribution in [2.24, 2.45) is 0 Å². The molecule has 146 valence electrons. The molecular weight excluding hydrogens is 362 g/mol. The van der Waals surface area contributed by atoms with Gasteiger partial charge in [0.25, 0.3) is 5.91 Å². The highest BCUT2D eigenvalue weighted by atomic mass is 16.2. The minimum Gasteiger partial charge on any atom is -0.334 e. The zero-order valence-electron chi connectivity index (χ0n) is 16.1. The number of amides is 3. The van der Waals surface area contributed by atoms with E-state index in [4.69, 9.17) is 0 Å². The molecule has 5 heteroatoms. The summed E-state index contributed by atoms with van der Waals surface area (Å²) in [5.74, 6) is 0.0236. The fraction of sp³-hybridized carbons (Fsp3) is 0.167. The van der Waals surface area contributed by atoms with Crippen LogP contribution in [-0.2, 0) is 19.5 Å². The Labute approximate surface area is 170 Å². The van der Waals surface area contributed by atoms with Crippen LogP contribution in [0, 0.1) is 0 Å². The van der Waals surface area contributed by atoms with E-state index in [1.807, 2.05) is 77.7 Å². The first-order valence-electron chi connectivity index (χ1n) is 9.75. The first kappa shape index (κ1) is 18.7. The van der Waals surface area contributed by atoms with Crippen LogP contribution in [0.1, 0.15) is 27.0 Å². The summed E-state index contributed by atoms with van der Waals surface area (Å²) >= 11 is 0. The highest BCUT2D eigenvalue weighted by molar-refractivity contribution is 6.07. The van der Waals surface area contributed by atoms with Gasteiger partial charge in [-0.1, -0.05) is 60.7 Å². The van der Waals surface area contributed by atoms with Gasteiger partial charge in [0.05, 0.1) is 0 Å². The Morgan fingerprint density at radius 3 is 2.17 bits per heavy atom. The number of benzene rings is 3. The van der Waals surface area contributed by atoms with E-state index >= 15 is 0 Å². The SMILES string of the molecule is O=C(NCc1ccccc1)NCc1ccc2c(c1)CCN2C(=O)c1ccccc1. The van der Waals surface area contributed by atoms with E-state index < -0.39 is 0 Å². The molecule has 1 heterocycles. The highest BCUT2D eigenvalue weighted by Gasteiger charge is 2.25. The van der Waals surface area contributed by atoms with E-state index in [9.17, 15) is 9.59 Å². The minimum absolute atomic E-state index is 0.0236. The van der Waals surface area contributed by atoms with E-state index in [0.717, 1.165) is 28.8 Å². The summed E-state index contributed by atoms with van der Waals surface area (Å²) in [6.45, 7) is 1.62. The lowest BCUT2D eigenvalue weighted by Gasteiger charge is -2.17. The topological polar surface area (TPSA) is 61.4 Å². The van der Waals surface area contributed by atoms with Crippen LogP contribution in [0.3, 0.4) is 0 Å². The molecule has 0 radical (unpaired) electrons. The third kappa shape index (κ3) is 4.46. The molecule has 4 rings (SSSR count). The predicted octanol–water partition coefficient (Wildman–Crippen LogP) is 3.89. The Morgan fingerprint density at radius 2 is 1.45 bits per heavy atom. The quantitative estimate of drug-likeness (QED) is 0.700. The van der Waals surface area contributed by atoms with Crippen molar-refractivity contribution >= 4 is 17.6 Å². The van der Waals surface area contributed by atoms with Crippen molar-refractivity contribution < 1.29 is 9.59 Å². The molecule has 0 bridgehead atoms. The van der Waals surface area contributed by atoms with Crippen molar-refractivity contribution in [3.63, 3.8) is 0 Å². The maximum atomic E-state index is 12.8. The molecule has 3 aromatic rings. The maximum absolute atomic E-state index is 12.8. The number of fused-ring (bicyclic) bond motifs is 1. The molecule has 5 nitrogen and oxygen atoms in total. The molecule has 3 aromatic carbocycles. The first-order chi connectivity index (χ1) is 14.2. The smallest absolute Gasteiger partial charge is 0.315 e. The number of nitrogens with one attached hydrogen (secondary N) is 2. The number of anilines is 1. The molecule has 3 amide bonds. The second-order valence-corrected chi connectivity index (χ2v) is 7.06. The van der Waals surface area contributed by atoms with Gasteiger partial charge in [0.15, 0.2) is 0 Å². The highest BCUT2D eigenvalue weighted by Crippen LogP contribution is 2.30. The fourth-order valence-corrected chi connectivity index (χ4v) is 3.54. The predicted molar refractivity (Wildman–Crippen MR) is 114 cm³/mol. The lowest BCUT2D eigenvalue weighted by atomic mass is 10.1. The van der Waals surface area contributed by atoms with Gasteiger partial charge in [0.1, 0.15) is 0 Å². The number of carbonyl (C=O) groups is 2. The molecule has 1 aliphatic heterocycles. The summed E-state index contributed by atoms with van der Waals surface area (Å²) in [5, 5.41) is 5.75. The fourth-order valence-electron chi connectivity index (χ4n) is 3.54. The van der Waals surface area contributed by atoms with Gasteiger partial charge in [-0.25, -0.2) is 4.79 Å². The van der Waals surface area contributed by atoms with Crippen LogP contribution in [0.4, 0.5) is 10.5 Å². The second-order valence-electron chi connectivity index (χ2n) is 7.06. The molecule has 0 fully saturated rings. The van der Waals surface area contributed by atoms with E-state index in [-0.39, 0.29) is 11.9 Å². The summed E-state index contributed by atoms with van der Waals surface area (Å²) in [5.41, 5.74) is 4.87. The molecule has 0 saturated carbocycles. The molecule has 29 heavy (non-hydrogen) atoms. The average molecular weight is 385 g/mol. The Hall–Kier alpha value is -3.60. The molecule has 0 atom stereocenters. The van der Waals surface area contributed by atoms with Crippen LogP contribution < -0.4 is 15.5 Å². The monoisotopic (exact) mass is 385 g/mol. The number of nitrogens with zero attached hydrogens (tertiary/aromatic N) is 1. The Morgan fingerprint density at radius 1 is 0.793 bits per heavy atom. The number of hydrogen-bond donors (Lipinski definition) is 2. The summed E-state index contributed by atoms with van der Waals surface area (Å²) in [6, 6.07) is 25.0. The third-order valence-corrected chi connectivity index (χ3v) is 5.05. The summed E-state index contributed by atoms with van der Waals surface area (Å²) in [4.78, 5) is 26.6. The molecule has 1 aliphatic rings. The lowest BCUT2D eigenvalue weighted by Crippen LogP contribution is -2.34. The van der Waals surface area contributed by atoms with Crippen LogP contribution in [0.5, 0.6) is 0 Å². The molecule has 2 N–H and O–H groups in total.